The molecular formula is C24H23ClN6. The molecule has 1 saturated heterocycles. The second-order valence-electron chi connectivity index (χ2n) is 7.85. The SMILES string of the molecule is [C-]#[N+]C1=C(CN2CCN(c3ccccc3)CC2)Nc2[nH]ncc2C1c1ccccc1Cl. The fourth-order valence-electron chi connectivity index (χ4n) is 4.45. The minimum atomic E-state index is -0.221. The van der Waals surface area contributed by atoms with E-state index in [1.807, 2.05) is 30.3 Å². The molecule has 1 atom stereocenters. The van der Waals surface area contributed by atoms with E-state index in [9.17, 15) is 0 Å². The molecule has 0 bridgehead atoms. The van der Waals surface area contributed by atoms with Crippen LogP contribution < -0.4 is 10.2 Å². The van der Waals surface area contributed by atoms with Crippen LogP contribution in [0, 0.1) is 6.57 Å². The van der Waals surface area contributed by atoms with Crippen molar-refractivity contribution in [1.82, 2.24) is 15.1 Å². The first kappa shape index (κ1) is 19.7. The summed E-state index contributed by atoms with van der Waals surface area (Å²) in [6, 6.07) is 18.3. The van der Waals surface area contributed by atoms with Crippen molar-refractivity contribution < 1.29 is 0 Å². The molecule has 31 heavy (non-hydrogen) atoms. The van der Waals surface area contributed by atoms with Gasteiger partial charge in [0.05, 0.1) is 18.7 Å². The summed E-state index contributed by atoms with van der Waals surface area (Å²) in [7, 11) is 0. The third-order valence-corrected chi connectivity index (χ3v) is 6.39. The van der Waals surface area contributed by atoms with E-state index in [-0.39, 0.29) is 5.92 Å². The summed E-state index contributed by atoms with van der Waals surface area (Å²) in [5.41, 5.74) is 4.76. The topological polar surface area (TPSA) is 51.5 Å². The number of anilines is 2. The molecule has 3 aromatic rings. The normalized spacial score (nSPS) is 19.0. The Morgan fingerprint density at radius 2 is 1.74 bits per heavy atom. The van der Waals surface area contributed by atoms with Gasteiger partial charge >= 0.3 is 0 Å². The first-order valence-electron chi connectivity index (χ1n) is 10.4. The Balaban J connectivity index is 1.40. The number of rotatable bonds is 4. The van der Waals surface area contributed by atoms with Gasteiger partial charge in [-0.05, 0) is 23.8 Å². The molecule has 2 N–H and O–H groups in total. The molecule has 1 aromatic heterocycles. The number of aromatic nitrogens is 2. The number of allylic oxidation sites excluding steroid dienone is 1. The summed E-state index contributed by atoms with van der Waals surface area (Å²) >= 11 is 6.53. The molecule has 7 heteroatoms. The van der Waals surface area contributed by atoms with Crippen LogP contribution in [-0.2, 0) is 0 Å². The largest absolute Gasteiger partial charge is 0.369 e. The molecule has 156 valence electrons. The van der Waals surface area contributed by atoms with Crippen LogP contribution in [0.4, 0.5) is 11.5 Å². The fraction of sp³-hybridized carbons (Fsp3) is 0.250. The van der Waals surface area contributed by atoms with Crippen LogP contribution in [0.15, 0.2) is 72.2 Å². The number of piperazine rings is 1. The Labute approximate surface area is 187 Å². The van der Waals surface area contributed by atoms with Gasteiger partial charge in [0.15, 0.2) is 5.70 Å². The molecule has 3 heterocycles. The Morgan fingerprint density at radius 1 is 1.00 bits per heavy atom. The van der Waals surface area contributed by atoms with Gasteiger partial charge in [-0.25, -0.2) is 4.85 Å². The lowest BCUT2D eigenvalue weighted by Gasteiger charge is -2.37. The van der Waals surface area contributed by atoms with Crippen LogP contribution in [0.25, 0.3) is 4.85 Å². The smallest absolute Gasteiger partial charge is 0.197 e. The van der Waals surface area contributed by atoms with Crippen molar-refractivity contribution >= 4 is 23.1 Å². The van der Waals surface area contributed by atoms with Gasteiger partial charge in [-0.2, -0.15) is 5.10 Å². The molecular weight excluding hydrogens is 408 g/mol. The molecule has 0 amide bonds. The van der Waals surface area contributed by atoms with E-state index in [0.717, 1.165) is 48.8 Å². The van der Waals surface area contributed by atoms with E-state index in [4.69, 9.17) is 18.2 Å². The minimum Gasteiger partial charge on any atom is -0.369 e. The number of halogens is 1. The molecule has 1 unspecified atom stereocenters. The molecule has 2 aliphatic heterocycles. The Morgan fingerprint density at radius 3 is 2.48 bits per heavy atom. The Hall–Kier alpha value is -3.27. The van der Waals surface area contributed by atoms with Crippen molar-refractivity contribution in [2.45, 2.75) is 5.92 Å². The third kappa shape index (κ3) is 3.78. The summed E-state index contributed by atoms with van der Waals surface area (Å²) in [4.78, 5) is 8.78. The standard InChI is InChI=1S/C24H23ClN6/c1-26-23-21(16-30-11-13-31(14-12-30)17-7-3-2-4-8-17)28-24-19(15-27-29-24)22(23)18-9-5-6-10-20(18)25/h2-10,15,22H,11-14,16H2,(H2,27,28,29). The van der Waals surface area contributed by atoms with Crippen LogP contribution in [0.2, 0.25) is 5.02 Å². The quantitative estimate of drug-likeness (QED) is 0.595. The summed E-state index contributed by atoms with van der Waals surface area (Å²) in [6.07, 6.45) is 1.79. The fourth-order valence-corrected chi connectivity index (χ4v) is 4.70. The molecule has 6 nitrogen and oxygen atoms in total. The highest BCUT2D eigenvalue weighted by Gasteiger charge is 2.33. The van der Waals surface area contributed by atoms with E-state index < -0.39 is 0 Å². The predicted octanol–water partition coefficient (Wildman–Crippen LogP) is 4.57. The number of hydrogen-bond acceptors (Lipinski definition) is 4. The summed E-state index contributed by atoms with van der Waals surface area (Å²) in [6.45, 7) is 12.5. The summed E-state index contributed by atoms with van der Waals surface area (Å²) in [5, 5.41) is 11.4. The van der Waals surface area contributed by atoms with Gasteiger partial charge in [-0.1, -0.05) is 48.0 Å². The zero-order chi connectivity index (χ0) is 21.2. The molecule has 5 rings (SSSR count). The summed E-state index contributed by atoms with van der Waals surface area (Å²) in [5.74, 6) is 0.622. The number of aromatic amines is 1. The molecule has 0 spiro atoms. The van der Waals surface area contributed by atoms with E-state index in [1.54, 1.807) is 6.20 Å². The van der Waals surface area contributed by atoms with Crippen molar-refractivity contribution in [3.8, 4) is 0 Å². The first-order valence-corrected chi connectivity index (χ1v) is 10.8. The van der Waals surface area contributed by atoms with Crippen molar-refractivity contribution in [2.75, 3.05) is 42.9 Å². The number of nitrogens with one attached hydrogen (secondary N) is 2. The number of para-hydroxylation sites is 1. The molecule has 0 radical (unpaired) electrons. The highest BCUT2D eigenvalue weighted by molar-refractivity contribution is 6.31. The Kier molecular flexibility index (Phi) is 5.37. The van der Waals surface area contributed by atoms with E-state index in [2.05, 4.69) is 54.4 Å². The van der Waals surface area contributed by atoms with Gasteiger partial charge in [-0.3, -0.25) is 10.00 Å². The lowest BCUT2D eigenvalue weighted by molar-refractivity contribution is 0.278. The average Bonchev–Trinajstić information content (AvgIpc) is 3.28. The molecule has 2 aliphatic rings. The van der Waals surface area contributed by atoms with Crippen molar-refractivity contribution in [1.29, 1.82) is 0 Å². The van der Waals surface area contributed by atoms with Crippen LogP contribution in [0.5, 0.6) is 0 Å². The molecule has 0 saturated carbocycles. The first-order chi connectivity index (χ1) is 15.2. The molecule has 2 aromatic carbocycles. The minimum absolute atomic E-state index is 0.221. The predicted molar refractivity (Wildman–Crippen MR) is 124 cm³/mol. The maximum atomic E-state index is 7.96. The maximum Gasteiger partial charge on any atom is 0.197 e. The van der Waals surface area contributed by atoms with Gasteiger partial charge < -0.3 is 10.2 Å². The van der Waals surface area contributed by atoms with Crippen LogP contribution in [0.1, 0.15) is 17.0 Å². The molecule has 1 fully saturated rings. The zero-order valence-corrected chi connectivity index (χ0v) is 17.8. The van der Waals surface area contributed by atoms with Crippen LogP contribution >= 0.6 is 11.6 Å². The van der Waals surface area contributed by atoms with Gasteiger partial charge in [0.25, 0.3) is 0 Å². The monoisotopic (exact) mass is 430 g/mol. The average molecular weight is 431 g/mol. The third-order valence-electron chi connectivity index (χ3n) is 6.05. The Bertz CT molecular complexity index is 1140. The molecule has 0 aliphatic carbocycles. The lowest BCUT2D eigenvalue weighted by atomic mass is 9.86. The highest BCUT2D eigenvalue weighted by atomic mass is 35.5. The number of benzene rings is 2. The van der Waals surface area contributed by atoms with Crippen molar-refractivity contribution in [3.63, 3.8) is 0 Å². The van der Waals surface area contributed by atoms with Crippen molar-refractivity contribution in [3.05, 3.63) is 99.8 Å². The number of H-pyrrole nitrogens is 1. The van der Waals surface area contributed by atoms with E-state index in [1.165, 1.54) is 5.69 Å². The second kappa shape index (κ2) is 8.46. The lowest BCUT2D eigenvalue weighted by Crippen LogP contribution is -2.47. The van der Waals surface area contributed by atoms with E-state index >= 15 is 0 Å². The maximum absolute atomic E-state index is 7.96. The summed E-state index contributed by atoms with van der Waals surface area (Å²) < 4.78 is 0. The highest BCUT2D eigenvalue weighted by Crippen LogP contribution is 2.43. The van der Waals surface area contributed by atoms with Gasteiger partial charge in [0, 0.05) is 54.7 Å². The number of nitrogens with zero attached hydrogens (tertiary/aromatic N) is 4. The van der Waals surface area contributed by atoms with Crippen LogP contribution in [-0.4, -0.2) is 47.8 Å². The van der Waals surface area contributed by atoms with Gasteiger partial charge in [0.2, 0.25) is 0 Å². The number of fused-ring (bicyclic) bond motifs is 1. The van der Waals surface area contributed by atoms with Gasteiger partial charge in [-0.15, -0.1) is 0 Å². The van der Waals surface area contributed by atoms with Crippen molar-refractivity contribution in [2.24, 2.45) is 0 Å². The van der Waals surface area contributed by atoms with E-state index in [0.29, 0.717) is 17.3 Å². The van der Waals surface area contributed by atoms with Crippen LogP contribution in [0.3, 0.4) is 0 Å². The second-order valence-corrected chi connectivity index (χ2v) is 8.26. The number of hydrogen-bond donors (Lipinski definition) is 2. The zero-order valence-electron chi connectivity index (χ0n) is 17.1. The van der Waals surface area contributed by atoms with Gasteiger partial charge in [0.1, 0.15) is 5.82 Å².